The highest BCUT2D eigenvalue weighted by atomic mass is 79.9. The summed E-state index contributed by atoms with van der Waals surface area (Å²) >= 11 is 3.44. The highest BCUT2D eigenvalue weighted by molar-refractivity contribution is 9.10. The van der Waals surface area contributed by atoms with Crippen molar-refractivity contribution in [1.29, 1.82) is 0 Å². The van der Waals surface area contributed by atoms with Crippen molar-refractivity contribution < 1.29 is 4.79 Å². The number of halogens is 1. The number of benzene rings is 1. The molecule has 0 saturated carbocycles. The molecule has 0 radical (unpaired) electrons. The van der Waals surface area contributed by atoms with E-state index in [-0.39, 0.29) is 11.9 Å². The molecule has 2 rings (SSSR count). The van der Waals surface area contributed by atoms with E-state index >= 15 is 0 Å². The summed E-state index contributed by atoms with van der Waals surface area (Å²) in [5.41, 5.74) is 1.91. The fourth-order valence-corrected chi connectivity index (χ4v) is 2.08. The van der Waals surface area contributed by atoms with Crippen molar-refractivity contribution in [3.05, 3.63) is 46.7 Å². The van der Waals surface area contributed by atoms with Crippen LogP contribution in [-0.4, -0.2) is 15.7 Å². The summed E-state index contributed by atoms with van der Waals surface area (Å²) in [7, 11) is 0. The number of rotatable bonds is 4. The Morgan fingerprint density at radius 3 is 2.95 bits per heavy atom. The first-order valence-electron chi connectivity index (χ1n) is 6.11. The van der Waals surface area contributed by atoms with Crippen LogP contribution in [-0.2, 0) is 4.79 Å². The van der Waals surface area contributed by atoms with Crippen molar-refractivity contribution in [2.45, 2.75) is 26.3 Å². The van der Waals surface area contributed by atoms with E-state index in [1.807, 2.05) is 44.3 Å². The predicted molar refractivity (Wildman–Crippen MR) is 79.1 cm³/mol. The molecule has 1 amide bonds. The number of nitrogens with zero attached hydrogens (tertiary/aromatic N) is 2. The third-order valence-corrected chi connectivity index (χ3v) is 3.79. The van der Waals surface area contributed by atoms with Crippen LogP contribution in [0.3, 0.4) is 0 Å². The predicted octanol–water partition coefficient (Wildman–Crippen LogP) is 3.54. The van der Waals surface area contributed by atoms with Gasteiger partial charge in [0, 0.05) is 29.0 Å². The van der Waals surface area contributed by atoms with Gasteiger partial charge in [-0.05, 0) is 43.7 Å². The first kappa shape index (κ1) is 13.8. The fourth-order valence-electron chi connectivity index (χ4n) is 1.84. The number of aromatic nitrogens is 2. The van der Waals surface area contributed by atoms with Crippen LogP contribution in [0, 0.1) is 6.92 Å². The zero-order valence-corrected chi connectivity index (χ0v) is 12.5. The highest BCUT2D eigenvalue weighted by Gasteiger charge is 2.11. The molecule has 0 unspecified atom stereocenters. The number of carbonyl (C=O) groups excluding carboxylic acids is 1. The third kappa shape index (κ3) is 3.67. The molecule has 5 heteroatoms. The van der Waals surface area contributed by atoms with Crippen molar-refractivity contribution in [3.63, 3.8) is 0 Å². The topological polar surface area (TPSA) is 46.9 Å². The van der Waals surface area contributed by atoms with Crippen LogP contribution in [0.1, 0.15) is 24.9 Å². The lowest BCUT2D eigenvalue weighted by Crippen LogP contribution is -2.17. The fraction of sp³-hybridized carbons (Fsp3) is 0.286. The van der Waals surface area contributed by atoms with Crippen molar-refractivity contribution in [2.75, 3.05) is 5.32 Å². The van der Waals surface area contributed by atoms with Crippen LogP contribution in [0.2, 0.25) is 0 Å². The lowest BCUT2D eigenvalue weighted by Gasteiger charge is -2.12. The Morgan fingerprint density at radius 1 is 1.53 bits per heavy atom. The van der Waals surface area contributed by atoms with Gasteiger partial charge < -0.3 is 5.32 Å². The molecule has 0 saturated heterocycles. The van der Waals surface area contributed by atoms with Crippen LogP contribution in [0.5, 0.6) is 0 Å². The van der Waals surface area contributed by atoms with Crippen LogP contribution in [0.15, 0.2) is 41.1 Å². The number of amides is 1. The molecule has 1 atom stereocenters. The molecule has 0 spiro atoms. The molecule has 100 valence electrons. The van der Waals surface area contributed by atoms with E-state index in [2.05, 4.69) is 26.3 Å². The average molecular weight is 322 g/mol. The normalized spacial score (nSPS) is 12.2. The van der Waals surface area contributed by atoms with Gasteiger partial charge in [0.15, 0.2) is 0 Å². The van der Waals surface area contributed by atoms with Gasteiger partial charge >= 0.3 is 0 Å². The molecular formula is C14H16BrN3O. The Morgan fingerprint density at radius 2 is 2.32 bits per heavy atom. The number of anilines is 1. The van der Waals surface area contributed by atoms with Gasteiger partial charge in [-0.25, -0.2) is 0 Å². The first-order valence-corrected chi connectivity index (χ1v) is 6.90. The second kappa shape index (κ2) is 6.02. The van der Waals surface area contributed by atoms with E-state index in [4.69, 9.17) is 0 Å². The summed E-state index contributed by atoms with van der Waals surface area (Å²) in [5.74, 6) is -0.00952. The molecule has 0 bridgehead atoms. The minimum absolute atomic E-state index is 0.00952. The van der Waals surface area contributed by atoms with E-state index in [1.165, 1.54) is 0 Å². The highest BCUT2D eigenvalue weighted by Crippen LogP contribution is 2.20. The molecule has 0 aliphatic carbocycles. The van der Waals surface area contributed by atoms with Crippen molar-refractivity contribution in [1.82, 2.24) is 9.78 Å². The average Bonchev–Trinajstić information content (AvgIpc) is 2.87. The van der Waals surface area contributed by atoms with Gasteiger partial charge in [0.1, 0.15) is 0 Å². The number of nitrogens with one attached hydrogen (secondary N) is 1. The Kier molecular flexibility index (Phi) is 4.37. The molecule has 0 fully saturated rings. The van der Waals surface area contributed by atoms with Crippen LogP contribution < -0.4 is 5.32 Å². The number of carbonyl (C=O) groups is 1. The van der Waals surface area contributed by atoms with Crippen LogP contribution in [0.25, 0.3) is 0 Å². The maximum Gasteiger partial charge on any atom is 0.226 e. The quantitative estimate of drug-likeness (QED) is 0.936. The summed E-state index contributed by atoms with van der Waals surface area (Å²) < 4.78 is 2.82. The van der Waals surface area contributed by atoms with Gasteiger partial charge in [-0.15, -0.1) is 0 Å². The molecule has 1 heterocycles. The van der Waals surface area contributed by atoms with Gasteiger partial charge in [-0.2, -0.15) is 5.10 Å². The van der Waals surface area contributed by atoms with E-state index < -0.39 is 0 Å². The number of hydrogen-bond acceptors (Lipinski definition) is 2. The Balaban J connectivity index is 1.95. The van der Waals surface area contributed by atoms with Gasteiger partial charge in [0.2, 0.25) is 5.91 Å². The minimum Gasteiger partial charge on any atom is -0.326 e. The lowest BCUT2D eigenvalue weighted by molar-refractivity contribution is -0.116. The van der Waals surface area contributed by atoms with E-state index in [1.54, 1.807) is 10.9 Å². The number of aryl methyl sites for hydroxylation is 1. The Bertz CT molecular complexity index is 566. The standard InChI is InChI=1S/C14H16BrN3O/c1-10-8-12(4-5-13(10)15)17-14(19)9-11(2)18-7-3-6-16-18/h3-8,11H,9H2,1-2H3,(H,17,19)/t11-/m1/s1. The largest absolute Gasteiger partial charge is 0.326 e. The molecule has 0 aliphatic rings. The third-order valence-electron chi connectivity index (χ3n) is 2.90. The van der Waals surface area contributed by atoms with E-state index in [9.17, 15) is 4.79 Å². The van der Waals surface area contributed by atoms with E-state index in [0.717, 1.165) is 15.7 Å². The van der Waals surface area contributed by atoms with Crippen molar-refractivity contribution in [2.24, 2.45) is 0 Å². The van der Waals surface area contributed by atoms with Gasteiger partial charge in [-0.1, -0.05) is 15.9 Å². The maximum absolute atomic E-state index is 12.0. The smallest absolute Gasteiger partial charge is 0.226 e. The molecule has 1 aromatic carbocycles. The molecule has 19 heavy (non-hydrogen) atoms. The van der Waals surface area contributed by atoms with E-state index in [0.29, 0.717) is 6.42 Å². The van der Waals surface area contributed by atoms with Gasteiger partial charge in [0.25, 0.3) is 0 Å². The SMILES string of the molecule is Cc1cc(NC(=O)C[C@@H](C)n2cccn2)ccc1Br. The summed E-state index contributed by atoms with van der Waals surface area (Å²) in [4.78, 5) is 12.0. The minimum atomic E-state index is -0.00952. The summed E-state index contributed by atoms with van der Waals surface area (Å²) in [5, 5.41) is 7.03. The molecule has 1 N–H and O–H groups in total. The molecule has 4 nitrogen and oxygen atoms in total. The second-order valence-electron chi connectivity index (χ2n) is 4.55. The summed E-state index contributed by atoms with van der Waals surface area (Å²) in [6.07, 6.45) is 3.98. The van der Waals surface area contributed by atoms with Crippen molar-refractivity contribution >= 4 is 27.5 Å². The lowest BCUT2D eigenvalue weighted by atomic mass is 10.2. The van der Waals surface area contributed by atoms with Crippen LogP contribution in [0.4, 0.5) is 5.69 Å². The zero-order chi connectivity index (χ0) is 13.8. The second-order valence-corrected chi connectivity index (χ2v) is 5.41. The first-order chi connectivity index (χ1) is 9.06. The Hall–Kier alpha value is -1.62. The maximum atomic E-state index is 12.0. The zero-order valence-electron chi connectivity index (χ0n) is 10.9. The van der Waals surface area contributed by atoms with Crippen LogP contribution >= 0.6 is 15.9 Å². The number of hydrogen-bond donors (Lipinski definition) is 1. The summed E-state index contributed by atoms with van der Waals surface area (Å²) in [6.45, 7) is 3.96. The monoisotopic (exact) mass is 321 g/mol. The molecule has 2 aromatic rings. The summed E-state index contributed by atoms with van der Waals surface area (Å²) in [6, 6.07) is 7.66. The van der Waals surface area contributed by atoms with Crippen molar-refractivity contribution in [3.8, 4) is 0 Å². The van der Waals surface area contributed by atoms with Gasteiger partial charge in [-0.3, -0.25) is 9.48 Å². The molecular weight excluding hydrogens is 306 g/mol. The van der Waals surface area contributed by atoms with Gasteiger partial charge in [0.05, 0.1) is 6.04 Å². The molecule has 1 aromatic heterocycles. The molecule has 0 aliphatic heterocycles. The Labute approximate surface area is 120 Å².